The molecule has 1 aromatic rings. The summed E-state index contributed by atoms with van der Waals surface area (Å²) in [4.78, 5) is 21.1. The number of anilines is 1. The Bertz CT molecular complexity index is 504. The van der Waals surface area contributed by atoms with Crippen LogP contribution >= 0.6 is 11.6 Å². The first kappa shape index (κ1) is 19.1. The van der Waals surface area contributed by atoms with Crippen LogP contribution in [-0.2, 0) is 14.3 Å². The van der Waals surface area contributed by atoms with Gasteiger partial charge in [-0.1, -0.05) is 24.6 Å². The third-order valence-corrected chi connectivity index (χ3v) is 2.58. The molecule has 0 aromatic heterocycles. The highest BCUT2D eigenvalue weighted by atomic mass is 35.5. The molecular formula is C15H19ClFNO3. The zero-order valence-corrected chi connectivity index (χ0v) is 13.0. The van der Waals surface area contributed by atoms with Crippen LogP contribution < -0.4 is 5.32 Å². The molecule has 116 valence electrons. The molecule has 0 amide bonds. The Hall–Kier alpha value is -1.88. The topological polar surface area (TPSA) is 55.4 Å². The van der Waals surface area contributed by atoms with Crippen LogP contribution in [0.5, 0.6) is 0 Å². The fourth-order valence-corrected chi connectivity index (χ4v) is 1.38. The van der Waals surface area contributed by atoms with Crippen LogP contribution in [0.25, 0.3) is 0 Å². The third-order valence-electron chi connectivity index (χ3n) is 2.27. The first-order valence-corrected chi connectivity index (χ1v) is 6.83. The number of hydrogen-bond acceptors (Lipinski definition) is 4. The van der Waals surface area contributed by atoms with E-state index in [0.717, 1.165) is 5.69 Å². The van der Waals surface area contributed by atoms with Crippen molar-refractivity contribution in [3.8, 4) is 0 Å². The third kappa shape index (κ3) is 7.46. The standard InChI is InChI=1S/C8H12O3.C7H7ClFN/c1-3-5-7(6-9)8(10)11-4-2;1-10-5-2-3-6(8)7(9)4-5/h5-6H,3-4H2,1-2H3;2-4,10H,1H3/b7-5-;. The van der Waals surface area contributed by atoms with Crippen LogP contribution in [0.4, 0.5) is 10.1 Å². The van der Waals surface area contributed by atoms with Crippen LogP contribution in [0.1, 0.15) is 20.3 Å². The van der Waals surface area contributed by atoms with Gasteiger partial charge in [0.25, 0.3) is 0 Å². The number of benzene rings is 1. The van der Waals surface area contributed by atoms with Crippen LogP contribution in [0.2, 0.25) is 5.02 Å². The van der Waals surface area contributed by atoms with Crippen molar-refractivity contribution in [1.82, 2.24) is 0 Å². The average molecular weight is 316 g/mol. The Labute approximate surface area is 128 Å². The first-order chi connectivity index (χ1) is 9.99. The van der Waals surface area contributed by atoms with Gasteiger partial charge in [0.05, 0.1) is 17.2 Å². The second kappa shape index (κ2) is 10.9. The fraction of sp³-hybridized carbons (Fsp3) is 0.333. The minimum atomic E-state index is -0.538. The van der Waals surface area contributed by atoms with E-state index in [0.29, 0.717) is 19.3 Å². The number of carbonyl (C=O) groups is 2. The highest BCUT2D eigenvalue weighted by molar-refractivity contribution is 6.30. The lowest BCUT2D eigenvalue weighted by atomic mass is 10.2. The number of hydrogen-bond donors (Lipinski definition) is 1. The van der Waals surface area contributed by atoms with Gasteiger partial charge in [0.2, 0.25) is 0 Å². The van der Waals surface area contributed by atoms with Gasteiger partial charge in [-0.15, -0.1) is 0 Å². The quantitative estimate of drug-likeness (QED) is 0.296. The van der Waals surface area contributed by atoms with Gasteiger partial charge in [0.1, 0.15) is 5.82 Å². The van der Waals surface area contributed by atoms with Crippen LogP contribution in [0, 0.1) is 5.82 Å². The molecule has 21 heavy (non-hydrogen) atoms. The van der Waals surface area contributed by atoms with Crippen molar-refractivity contribution in [3.63, 3.8) is 0 Å². The Balaban J connectivity index is 0.000000382. The maximum absolute atomic E-state index is 12.6. The molecule has 0 unspecified atom stereocenters. The highest BCUT2D eigenvalue weighted by Gasteiger charge is 2.06. The van der Waals surface area contributed by atoms with E-state index in [1.165, 1.54) is 12.1 Å². The molecule has 1 aromatic carbocycles. The van der Waals surface area contributed by atoms with Gasteiger partial charge in [-0.3, -0.25) is 4.79 Å². The highest BCUT2D eigenvalue weighted by Crippen LogP contribution is 2.17. The molecule has 0 saturated carbocycles. The molecule has 0 saturated heterocycles. The van der Waals surface area contributed by atoms with Gasteiger partial charge in [-0.25, -0.2) is 9.18 Å². The lowest BCUT2D eigenvalue weighted by molar-refractivity contribution is -0.139. The summed E-state index contributed by atoms with van der Waals surface area (Å²) < 4.78 is 17.2. The van der Waals surface area contributed by atoms with Crippen molar-refractivity contribution >= 4 is 29.5 Å². The number of ether oxygens (including phenoxy) is 1. The Kier molecular flexibility index (Phi) is 9.88. The molecule has 1 N–H and O–H groups in total. The normalized spacial score (nSPS) is 10.2. The van der Waals surface area contributed by atoms with Crippen LogP contribution in [-0.4, -0.2) is 25.9 Å². The number of esters is 1. The zero-order valence-electron chi connectivity index (χ0n) is 12.3. The molecular weight excluding hydrogens is 297 g/mol. The van der Waals surface area contributed by atoms with Crippen molar-refractivity contribution in [2.24, 2.45) is 0 Å². The summed E-state index contributed by atoms with van der Waals surface area (Å²) in [5.74, 6) is -0.933. The molecule has 0 aliphatic heterocycles. The van der Waals surface area contributed by atoms with Gasteiger partial charge in [0, 0.05) is 12.7 Å². The first-order valence-electron chi connectivity index (χ1n) is 6.45. The van der Waals surface area contributed by atoms with Gasteiger partial charge >= 0.3 is 5.97 Å². The molecule has 6 heteroatoms. The number of allylic oxidation sites excluding steroid dienone is 1. The summed E-state index contributed by atoms with van der Waals surface area (Å²) in [7, 11) is 1.72. The van der Waals surface area contributed by atoms with Crippen molar-refractivity contribution in [2.75, 3.05) is 19.0 Å². The van der Waals surface area contributed by atoms with E-state index in [-0.39, 0.29) is 10.6 Å². The number of carbonyl (C=O) groups excluding carboxylic acids is 2. The van der Waals surface area contributed by atoms with E-state index in [1.54, 1.807) is 26.1 Å². The summed E-state index contributed by atoms with van der Waals surface area (Å²) >= 11 is 5.43. The summed E-state index contributed by atoms with van der Waals surface area (Å²) in [6.45, 7) is 3.85. The summed E-state index contributed by atoms with van der Waals surface area (Å²) in [6, 6.07) is 4.58. The maximum Gasteiger partial charge on any atom is 0.341 e. The summed E-state index contributed by atoms with van der Waals surface area (Å²) in [6.07, 6.45) is 2.72. The van der Waals surface area contributed by atoms with Gasteiger partial charge in [-0.2, -0.15) is 0 Å². The Morgan fingerprint density at radius 1 is 1.43 bits per heavy atom. The van der Waals surface area contributed by atoms with E-state index >= 15 is 0 Å². The largest absolute Gasteiger partial charge is 0.462 e. The van der Waals surface area contributed by atoms with E-state index in [9.17, 15) is 14.0 Å². The van der Waals surface area contributed by atoms with E-state index in [2.05, 4.69) is 10.1 Å². The van der Waals surface area contributed by atoms with Gasteiger partial charge in [-0.05, 0) is 31.5 Å². The lowest BCUT2D eigenvalue weighted by Gasteiger charge is -1.99. The number of aldehydes is 1. The van der Waals surface area contributed by atoms with Crippen LogP contribution in [0.3, 0.4) is 0 Å². The van der Waals surface area contributed by atoms with Gasteiger partial charge < -0.3 is 10.1 Å². The second-order valence-electron chi connectivity index (χ2n) is 3.78. The Morgan fingerprint density at radius 3 is 2.52 bits per heavy atom. The number of rotatable bonds is 5. The summed E-state index contributed by atoms with van der Waals surface area (Å²) in [5, 5.41) is 2.95. The maximum atomic E-state index is 12.6. The van der Waals surface area contributed by atoms with Crippen molar-refractivity contribution in [3.05, 3.63) is 40.7 Å². The van der Waals surface area contributed by atoms with Crippen molar-refractivity contribution in [1.29, 1.82) is 0 Å². The Morgan fingerprint density at radius 2 is 2.10 bits per heavy atom. The lowest BCUT2D eigenvalue weighted by Crippen LogP contribution is -2.08. The molecule has 0 atom stereocenters. The smallest absolute Gasteiger partial charge is 0.341 e. The number of halogens is 2. The molecule has 0 spiro atoms. The molecule has 0 aliphatic rings. The molecule has 0 aliphatic carbocycles. The minimum Gasteiger partial charge on any atom is -0.462 e. The van der Waals surface area contributed by atoms with Crippen molar-refractivity contribution < 1.29 is 18.7 Å². The molecule has 4 nitrogen and oxygen atoms in total. The van der Waals surface area contributed by atoms with Crippen LogP contribution in [0.15, 0.2) is 29.8 Å². The summed E-state index contributed by atoms with van der Waals surface area (Å²) in [5.41, 5.74) is 0.830. The fourth-order valence-electron chi connectivity index (χ4n) is 1.27. The SMILES string of the molecule is CC/C=C(/C=O)C(=O)OCC.CNc1ccc(Cl)c(F)c1. The minimum absolute atomic E-state index is 0.106. The zero-order chi connectivity index (χ0) is 16.3. The van der Waals surface area contributed by atoms with E-state index in [1.807, 2.05) is 6.92 Å². The van der Waals surface area contributed by atoms with Crippen molar-refractivity contribution in [2.45, 2.75) is 20.3 Å². The predicted molar refractivity (Wildman–Crippen MR) is 82.0 cm³/mol. The number of nitrogens with one attached hydrogen (secondary N) is 1. The molecule has 0 radical (unpaired) electrons. The monoisotopic (exact) mass is 315 g/mol. The average Bonchev–Trinajstić information content (AvgIpc) is 2.48. The molecule has 1 rings (SSSR count). The van der Waals surface area contributed by atoms with E-state index < -0.39 is 11.8 Å². The predicted octanol–water partition coefficient (Wildman–Crippen LogP) is 3.61. The van der Waals surface area contributed by atoms with E-state index in [4.69, 9.17) is 11.6 Å². The second-order valence-corrected chi connectivity index (χ2v) is 4.19. The molecule has 0 fully saturated rings. The molecule has 0 heterocycles. The van der Waals surface area contributed by atoms with Gasteiger partial charge in [0.15, 0.2) is 6.29 Å². The molecule has 0 bridgehead atoms.